The van der Waals surface area contributed by atoms with Crippen molar-refractivity contribution in [2.24, 2.45) is 0 Å². The first-order valence-electron chi connectivity index (χ1n) is 12.1. The zero-order valence-corrected chi connectivity index (χ0v) is 20.6. The number of rotatable bonds is 8. The van der Waals surface area contributed by atoms with Crippen molar-refractivity contribution in [1.82, 2.24) is 25.2 Å². The highest BCUT2D eigenvalue weighted by molar-refractivity contribution is 5.82. The molecule has 1 aliphatic carbocycles. The topological polar surface area (TPSA) is 83.5 Å². The van der Waals surface area contributed by atoms with Crippen LogP contribution < -0.4 is 15.0 Å². The standard InChI is InChI=1S/C25H35FN6O2/c1-25(2,3)30-22(33)16-31(4)24-19-6-5-7-20(19)28-23(29-24)21-14-18(8-10-27-21)34-13-12-32-11-9-17(26)15-32/h8,10,14,17H,5-7,9,11-13,15-16H2,1-4H3,(H,30,33). The lowest BCUT2D eigenvalue weighted by Gasteiger charge is -2.25. The minimum Gasteiger partial charge on any atom is -0.492 e. The predicted molar refractivity (Wildman–Crippen MR) is 130 cm³/mol. The van der Waals surface area contributed by atoms with Gasteiger partial charge in [-0.25, -0.2) is 14.4 Å². The number of carbonyl (C=O) groups is 1. The number of nitrogens with zero attached hydrogens (tertiary/aromatic N) is 5. The Labute approximate surface area is 200 Å². The van der Waals surface area contributed by atoms with Crippen LogP contribution in [-0.2, 0) is 17.6 Å². The number of likely N-dealkylation sites (N-methyl/N-ethyl adjacent to an activating group) is 1. The predicted octanol–water partition coefficient (Wildman–Crippen LogP) is 2.80. The van der Waals surface area contributed by atoms with Crippen molar-refractivity contribution in [3.05, 3.63) is 29.6 Å². The number of nitrogens with one attached hydrogen (secondary N) is 1. The summed E-state index contributed by atoms with van der Waals surface area (Å²) < 4.78 is 19.3. The Morgan fingerprint density at radius 3 is 2.88 bits per heavy atom. The number of halogens is 1. The number of carbonyl (C=O) groups excluding carboxylic acids is 1. The molecule has 0 radical (unpaired) electrons. The van der Waals surface area contributed by atoms with Gasteiger partial charge in [0.25, 0.3) is 0 Å². The maximum Gasteiger partial charge on any atom is 0.239 e. The minimum absolute atomic E-state index is 0.0486. The molecular weight excluding hydrogens is 435 g/mol. The summed E-state index contributed by atoms with van der Waals surface area (Å²) in [6, 6.07) is 3.65. The Balaban J connectivity index is 1.49. The number of aryl methyl sites for hydroxylation is 1. The van der Waals surface area contributed by atoms with Crippen LogP contribution in [0.15, 0.2) is 18.3 Å². The van der Waals surface area contributed by atoms with Gasteiger partial charge in [0.1, 0.15) is 30.0 Å². The molecule has 9 heteroatoms. The second kappa shape index (κ2) is 10.2. The first-order valence-corrected chi connectivity index (χ1v) is 12.1. The maximum atomic E-state index is 13.4. The Kier molecular flexibility index (Phi) is 7.30. The fourth-order valence-corrected chi connectivity index (χ4v) is 4.50. The summed E-state index contributed by atoms with van der Waals surface area (Å²) >= 11 is 0. The molecule has 34 heavy (non-hydrogen) atoms. The lowest BCUT2D eigenvalue weighted by molar-refractivity contribution is -0.121. The number of ether oxygens (including phenoxy) is 1. The summed E-state index contributed by atoms with van der Waals surface area (Å²) in [5.41, 5.74) is 2.47. The van der Waals surface area contributed by atoms with E-state index in [4.69, 9.17) is 14.7 Å². The van der Waals surface area contributed by atoms with Crippen molar-refractivity contribution in [2.45, 2.75) is 58.2 Å². The number of alkyl halides is 1. The molecule has 0 spiro atoms. The molecule has 0 saturated carbocycles. The number of likely N-dealkylation sites (tertiary alicyclic amines) is 1. The van der Waals surface area contributed by atoms with Crippen LogP contribution in [-0.4, -0.2) is 77.3 Å². The van der Waals surface area contributed by atoms with Crippen LogP contribution >= 0.6 is 0 Å². The van der Waals surface area contributed by atoms with Gasteiger partial charge in [-0.05, 0) is 52.5 Å². The van der Waals surface area contributed by atoms with E-state index in [2.05, 4.69) is 15.2 Å². The van der Waals surface area contributed by atoms with Crippen LogP contribution in [0.25, 0.3) is 11.5 Å². The average Bonchev–Trinajstić information content (AvgIpc) is 3.40. The highest BCUT2D eigenvalue weighted by Crippen LogP contribution is 2.31. The summed E-state index contributed by atoms with van der Waals surface area (Å²) in [5.74, 6) is 1.95. The van der Waals surface area contributed by atoms with Crippen LogP contribution in [0.2, 0.25) is 0 Å². The molecule has 1 N–H and O–H groups in total. The van der Waals surface area contributed by atoms with Crippen molar-refractivity contribution >= 4 is 11.7 Å². The van der Waals surface area contributed by atoms with Gasteiger partial charge in [-0.2, -0.15) is 0 Å². The lowest BCUT2D eigenvalue weighted by atomic mass is 10.1. The summed E-state index contributed by atoms with van der Waals surface area (Å²) in [6.07, 6.45) is 4.38. The first-order chi connectivity index (χ1) is 16.2. The fourth-order valence-electron chi connectivity index (χ4n) is 4.50. The first kappa shape index (κ1) is 24.3. The quantitative estimate of drug-likeness (QED) is 0.635. The summed E-state index contributed by atoms with van der Waals surface area (Å²) in [6.45, 7) is 8.56. The molecule has 0 bridgehead atoms. The third-order valence-electron chi connectivity index (χ3n) is 6.02. The maximum absolute atomic E-state index is 13.4. The average molecular weight is 471 g/mol. The highest BCUT2D eigenvalue weighted by Gasteiger charge is 2.25. The number of hydrogen-bond acceptors (Lipinski definition) is 7. The van der Waals surface area contributed by atoms with Crippen molar-refractivity contribution in [2.75, 3.05) is 44.7 Å². The molecule has 0 aromatic carbocycles. The van der Waals surface area contributed by atoms with Gasteiger partial charge in [-0.1, -0.05) is 0 Å². The largest absolute Gasteiger partial charge is 0.492 e. The molecule has 1 unspecified atom stereocenters. The number of amides is 1. The zero-order valence-electron chi connectivity index (χ0n) is 20.6. The van der Waals surface area contributed by atoms with Gasteiger partial charge in [0.15, 0.2) is 5.82 Å². The van der Waals surface area contributed by atoms with E-state index in [9.17, 15) is 9.18 Å². The van der Waals surface area contributed by atoms with Crippen molar-refractivity contribution in [1.29, 1.82) is 0 Å². The Bertz CT molecular complexity index is 1020. The van der Waals surface area contributed by atoms with Crippen LogP contribution in [0.4, 0.5) is 10.2 Å². The monoisotopic (exact) mass is 470 g/mol. The van der Waals surface area contributed by atoms with E-state index in [0.717, 1.165) is 42.9 Å². The molecule has 3 heterocycles. The van der Waals surface area contributed by atoms with Gasteiger partial charge < -0.3 is 15.0 Å². The van der Waals surface area contributed by atoms with Crippen molar-refractivity contribution < 1.29 is 13.9 Å². The Morgan fingerprint density at radius 1 is 1.32 bits per heavy atom. The van der Waals surface area contributed by atoms with Crippen LogP contribution in [0.3, 0.4) is 0 Å². The smallest absolute Gasteiger partial charge is 0.239 e. The lowest BCUT2D eigenvalue weighted by Crippen LogP contribution is -2.45. The summed E-state index contributed by atoms with van der Waals surface area (Å²) in [4.78, 5) is 30.6. The second-order valence-corrected chi connectivity index (χ2v) is 10.2. The van der Waals surface area contributed by atoms with E-state index in [1.807, 2.05) is 44.9 Å². The molecule has 2 aromatic rings. The van der Waals surface area contributed by atoms with E-state index < -0.39 is 6.17 Å². The Morgan fingerprint density at radius 2 is 2.15 bits per heavy atom. The number of hydrogen-bond donors (Lipinski definition) is 1. The molecular formula is C25H35FN6O2. The number of fused-ring (bicyclic) bond motifs is 1. The van der Waals surface area contributed by atoms with Gasteiger partial charge in [-0.3, -0.25) is 14.7 Å². The normalized spacial score (nSPS) is 18.1. The molecule has 184 valence electrons. The van der Waals surface area contributed by atoms with Crippen LogP contribution in [0.1, 0.15) is 44.9 Å². The highest BCUT2D eigenvalue weighted by atomic mass is 19.1. The number of pyridine rings is 1. The third-order valence-corrected chi connectivity index (χ3v) is 6.02. The van der Waals surface area contributed by atoms with E-state index in [-0.39, 0.29) is 18.0 Å². The van der Waals surface area contributed by atoms with Crippen LogP contribution in [0.5, 0.6) is 5.75 Å². The summed E-state index contributed by atoms with van der Waals surface area (Å²) in [5, 5.41) is 3.01. The fraction of sp³-hybridized carbons (Fsp3) is 0.600. The van der Waals surface area contributed by atoms with E-state index in [1.165, 1.54) is 0 Å². The SMILES string of the molecule is CN(CC(=O)NC(C)(C)C)c1nc(-c2cc(OCCN3CCC(F)C3)ccn2)nc2c1CCC2. The van der Waals surface area contributed by atoms with Crippen molar-refractivity contribution in [3.63, 3.8) is 0 Å². The molecule has 1 fully saturated rings. The molecule has 4 rings (SSSR count). The molecule has 8 nitrogen and oxygen atoms in total. The van der Waals surface area contributed by atoms with Crippen LogP contribution in [0, 0.1) is 0 Å². The molecule has 1 saturated heterocycles. The second-order valence-electron chi connectivity index (χ2n) is 10.2. The molecule has 1 aliphatic heterocycles. The minimum atomic E-state index is -0.726. The number of aromatic nitrogens is 3. The molecule has 2 aromatic heterocycles. The third kappa shape index (κ3) is 6.20. The molecule has 1 amide bonds. The zero-order chi connectivity index (χ0) is 24.3. The van der Waals surface area contributed by atoms with Gasteiger partial charge in [0.05, 0.1) is 6.54 Å². The van der Waals surface area contributed by atoms with E-state index in [1.54, 1.807) is 6.20 Å². The van der Waals surface area contributed by atoms with Crippen molar-refractivity contribution in [3.8, 4) is 17.3 Å². The van der Waals surface area contributed by atoms with E-state index in [0.29, 0.717) is 43.4 Å². The molecule has 1 atom stereocenters. The van der Waals surface area contributed by atoms with Gasteiger partial charge in [0, 0.05) is 55.7 Å². The van der Waals surface area contributed by atoms with Gasteiger partial charge in [-0.15, -0.1) is 0 Å². The summed E-state index contributed by atoms with van der Waals surface area (Å²) in [7, 11) is 1.89. The molecule has 2 aliphatic rings. The van der Waals surface area contributed by atoms with Gasteiger partial charge in [0.2, 0.25) is 5.91 Å². The number of anilines is 1. The Hall–Kier alpha value is -2.81. The van der Waals surface area contributed by atoms with Gasteiger partial charge >= 0.3 is 0 Å². The van der Waals surface area contributed by atoms with E-state index >= 15 is 0 Å².